The van der Waals surface area contributed by atoms with E-state index in [1.54, 1.807) is 12.1 Å². The second kappa shape index (κ2) is 8.32. The van der Waals surface area contributed by atoms with Gasteiger partial charge in [-0.2, -0.15) is 0 Å². The van der Waals surface area contributed by atoms with Crippen LogP contribution in [0.1, 0.15) is 36.9 Å². The monoisotopic (exact) mass is 357 g/mol. The fourth-order valence-corrected chi connectivity index (χ4v) is 3.64. The van der Waals surface area contributed by atoms with Crippen LogP contribution in [0.2, 0.25) is 0 Å². The minimum Gasteiger partial charge on any atom is -0.494 e. The third-order valence-electron chi connectivity index (χ3n) is 4.89. The van der Waals surface area contributed by atoms with Gasteiger partial charge in [-0.1, -0.05) is 24.3 Å². The third-order valence-corrected chi connectivity index (χ3v) is 4.89. The van der Waals surface area contributed by atoms with E-state index in [9.17, 15) is 14.3 Å². The van der Waals surface area contributed by atoms with Gasteiger partial charge in [0.05, 0.1) is 18.6 Å². The molecule has 1 unspecified atom stereocenters. The van der Waals surface area contributed by atoms with Crippen LogP contribution in [0.3, 0.4) is 0 Å². The summed E-state index contributed by atoms with van der Waals surface area (Å²) in [5, 5.41) is 9.24. The normalized spacial score (nSPS) is 17.0. The number of rotatable bonds is 6. The molecular weight excluding hydrogens is 333 g/mol. The van der Waals surface area contributed by atoms with Crippen molar-refractivity contribution in [2.24, 2.45) is 5.92 Å². The molecule has 26 heavy (non-hydrogen) atoms. The molecule has 1 saturated heterocycles. The number of aliphatic carboxylic acids is 1. The molecule has 0 aliphatic carbocycles. The van der Waals surface area contributed by atoms with Gasteiger partial charge in [0.25, 0.3) is 0 Å². The Bertz CT molecular complexity index is 756. The molecule has 1 fully saturated rings. The van der Waals surface area contributed by atoms with Crippen LogP contribution in [-0.2, 0) is 4.79 Å². The maximum absolute atomic E-state index is 13.9. The van der Waals surface area contributed by atoms with Gasteiger partial charge in [-0.25, -0.2) is 4.39 Å². The summed E-state index contributed by atoms with van der Waals surface area (Å²) in [5.41, 5.74) is 1.89. The van der Waals surface area contributed by atoms with Gasteiger partial charge in [-0.15, -0.1) is 0 Å². The third kappa shape index (κ3) is 4.22. The van der Waals surface area contributed by atoms with Crippen LogP contribution >= 0.6 is 0 Å². The Hall–Kier alpha value is -2.40. The number of hydrogen-bond donors (Lipinski definition) is 1. The Kier molecular flexibility index (Phi) is 5.89. The smallest absolute Gasteiger partial charge is 0.306 e. The van der Waals surface area contributed by atoms with Crippen LogP contribution < -0.4 is 4.74 Å². The average molecular weight is 357 g/mol. The average Bonchev–Trinajstić information content (AvgIpc) is 2.63. The molecule has 138 valence electrons. The molecule has 0 aromatic heterocycles. The molecular formula is C21H24FNO3. The van der Waals surface area contributed by atoms with Crippen LogP contribution in [0.4, 0.5) is 4.39 Å². The molecule has 1 N–H and O–H groups in total. The minimum absolute atomic E-state index is 0.124. The largest absolute Gasteiger partial charge is 0.494 e. The molecule has 0 amide bonds. The molecule has 1 aliphatic rings. The number of hydrogen-bond acceptors (Lipinski definition) is 3. The molecule has 1 aliphatic heterocycles. The Morgan fingerprint density at radius 1 is 1.19 bits per heavy atom. The predicted molar refractivity (Wildman–Crippen MR) is 97.8 cm³/mol. The molecule has 2 aromatic rings. The van der Waals surface area contributed by atoms with E-state index in [0.717, 1.165) is 16.9 Å². The summed E-state index contributed by atoms with van der Waals surface area (Å²) in [6.07, 6.45) is 1.21. The van der Waals surface area contributed by atoms with Crippen LogP contribution in [0.25, 0.3) is 0 Å². The van der Waals surface area contributed by atoms with Crippen molar-refractivity contribution in [2.75, 3.05) is 19.7 Å². The van der Waals surface area contributed by atoms with Gasteiger partial charge in [0, 0.05) is 0 Å². The molecule has 0 spiro atoms. The number of nitrogens with zero attached hydrogens (tertiary/aromatic N) is 1. The van der Waals surface area contributed by atoms with Crippen molar-refractivity contribution in [3.63, 3.8) is 0 Å². The Morgan fingerprint density at radius 2 is 1.85 bits per heavy atom. The van der Waals surface area contributed by atoms with Crippen molar-refractivity contribution in [1.82, 2.24) is 4.90 Å². The van der Waals surface area contributed by atoms with E-state index in [0.29, 0.717) is 32.5 Å². The van der Waals surface area contributed by atoms with Gasteiger partial charge >= 0.3 is 5.97 Å². The van der Waals surface area contributed by atoms with Crippen LogP contribution in [0, 0.1) is 11.7 Å². The first-order chi connectivity index (χ1) is 12.6. The summed E-state index contributed by atoms with van der Waals surface area (Å²) in [4.78, 5) is 13.5. The number of carboxylic acid groups (broad SMARTS) is 1. The lowest BCUT2D eigenvalue weighted by atomic mass is 9.91. The summed E-state index contributed by atoms with van der Waals surface area (Å²) in [6.45, 7) is 3.85. The lowest BCUT2D eigenvalue weighted by Gasteiger charge is -2.37. The van der Waals surface area contributed by atoms with Crippen molar-refractivity contribution >= 4 is 5.97 Å². The number of halogens is 1. The first-order valence-electron chi connectivity index (χ1n) is 9.03. The number of likely N-dealkylation sites (tertiary alicyclic amines) is 1. The summed E-state index contributed by atoms with van der Waals surface area (Å²) in [6, 6.07) is 14.4. The van der Waals surface area contributed by atoms with E-state index in [1.807, 2.05) is 37.3 Å². The number of piperidine rings is 1. The predicted octanol–water partition coefficient (Wildman–Crippen LogP) is 4.11. The second-order valence-corrected chi connectivity index (χ2v) is 6.61. The zero-order valence-electron chi connectivity index (χ0n) is 14.9. The van der Waals surface area contributed by atoms with E-state index < -0.39 is 5.97 Å². The highest BCUT2D eigenvalue weighted by Crippen LogP contribution is 2.34. The zero-order chi connectivity index (χ0) is 18.5. The first kappa shape index (κ1) is 18.4. The van der Waals surface area contributed by atoms with E-state index in [-0.39, 0.29) is 17.8 Å². The van der Waals surface area contributed by atoms with Crippen LogP contribution in [0.15, 0.2) is 48.5 Å². The highest BCUT2D eigenvalue weighted by atomic mass is 19.1. The zero-order valence-corrected chi connectivity index (χ0v) is 14.9. The molecule has 1 heterocycles. The maximum atomic E-state index is 13.9. The Labute approximate surface area is 153 Å². The van der Waals surface area contributed by atoms with Crippen molar-refractivity contribution in [3.05, 3.63) is 65.5 Å². The van der Waals surface area contributed by atoms with Gasteiger partial charge in [0.2, 0.25) is 0 Å². The molecule has 0 bridgehead atoms. The Morgan fingerprint density at radius 3 is 2.46 bits per heavy atom. The lowest BCUT2D eigenvalue weighted by molar-refractivity contribution is -0.143. The fourth-order valence-electron chi connectivity index (χ4n) is 3.64. The quantitative estimate of drug-likeness (QED) is 0.845. The van der Waals surface area contributed by atoms with E-state index in [4.69, 9.17) is 4.74 Å². The maximum Gasteiger partial charge on any atom is 0.306 e. The molecule has 0 radical (unpaired) electrons. The molecule has 5 heteroatoms. The number of carboxylic acids is 1. The second-order valence-electron chi connectivity index (χ2n) is 6.61. The van der Waals surface area contributed by atoms with Crippen molar-refractivity contribution in [2.45, 2.75) is 25.8 Å². The van der Waals surface area contributed by atoms with Gasteiger partial charge in [0.1, 0.15) is 11.6 Å². The number of ether oxygens (including phenoxy) is 1. The molecule has 3 rings (SSSR count). The molecule has 4 nitrogen and oxygen atoms in total. The Balaban J connectivity index is 1.93. The van der Waals surface area contributed by atoms with Gasteiger partial charge in [-0.3, -0.25) is 9.69 Å². The summed E-state index contributed by atoms with van der Waals surface area (Å²) in [5.74, 6) is -0.514. The van der Waals surface area contributed by atoms with Gasteiger partial charge in [0.15, 0.2) is 0 Å². The first-order valence-corrected chi connectivity index (χ1v) is 9.03. The molecule has 1 atom stereocenters. The molecule has 0 saturated carbocycles. The van der Waals surface area contributed by atoms with Gasteiger partial charge in [-0.05, 0) is 68.2 Å². The van der Waals surface area contributed by atoms with E-state index in [1.165, 1.54) is 6.07 Å². The van der Waals surface area contributed by atoms with E-state index >= 15 is 0 Å². The van der Waals surface area contributed by atoms with Crippen LogP contribution in [0.5, 0.6) is 5.75 Å². The fraction of sp³-hybridized carbons (Fsp3) is 0.381. The molecule has 2 aromatic carbocycles. The summed E-state index contributed by atoms with van der Waals surface area (Å²) < 4.78 is 19.5. The standard InChI is InChI=1S/C21H24FNO3/c1-2-26-19-8-4-6-17(14-19)20(16-5-3-7-18(22)13-16)23-11-9-15(10-12-23)21(24)25/h3-8,13-15,20H,2,9-12H2,1H3,(H,24,25). The lowest BCUT2D eigenvalue weighted by Crippen LogP contribution is -2.39. The van der Waals surface area contributed by atoms with E-state index in [2.05, 4.69) is 4.90 Å². The summed E-state index contributed by atoms with van der Waals surface area (Å²) in [7, 11) is 0. The van der Waals surface area contributed by atoms with Crippen molar-refractivity contribution in [1.29, 1.82) is 0 Å². The van der Waals surface area contributed by atoms with Crippen molar-refractivity contribution in [3.8, 4) is 5.75 Å². The number of benzene rings is 2. The van der Waals surface area contributed by atoms with Gasteiger partial charge < -0.3 is 9.84 Å². The number of carbonyl (C=O) groups is 1. The highest BCUT2D eigenvalue weighted by Gasteiger charge is 2.30. The minimum atomic E-state index is -0.731. The topological polar surface area (TPSA) is 49.8 Å². The van der Waals surface area contributed by atoms with Crippen LogP contribution in [-0.4, -0.2) is 35.7 Å². The van der Waals surface area contributed by atoms with Crippen molar-refractivity contribution < 1.29 is 19.0 Å². The SMILES string of the molecule is CCOc1cccc(C(c2cccc(F)c2)N2CCC(C(=O)O)CC2)c1. The summed E-state index contributed by atoms with van der Waals surface area (Å²) >= 11 is 0. The highest BCUT2D eigenvalue weighted by molar-refractivity contribution is 5.70.